The Hall–Kier alpha value is -0.650. The predicted octanol–water partition coefficient (Wildman–Crippen LogP) is 5.07. The molecule has 1 N–H and O–H groups in total. The fraction of sp³-hybridized carbons (Fsp3) is 0.960. The largest absolute Gasteiger partial charge is 0.462 e. The van der Waals surface area contributed by atoms with E-state index in [0.717, 1.165) is 51.7 Å². The molecule has 2 heterocycles. The Morgan fingerprint density at radius 1 is 0.900 bits per heavy atom. The zero-order chi connectivity index (χ0) is 22.8. The highest BCUT2D eigenvalue weighted by atomic mass is 16.5. The fourth-order valence-corrected chi connectivity index (χ4v) is 6.17. The van der Waals surface area contributed by atoms with Gasteiger partial charge in [0.15, 0.2) is 0 Å². The first-order valence-corrected chi connectivity index (χ1v) is 12.0. The van der Waals surface area contributed by atoms with E-state index in [0.29, 0.717) is 12.5 Å². The van der Waals surface area contributed by atoms with E-state index in [1.54, 1.807) is 0 Å². The molecule has 0 amide bonds. The lowest BCUT2D eigenvalue weighted by atomic mass is 9.78. The number of rotatable bonds is 8. The second-order valence-electron chi connectivity index (χ2n) is 12.2. The van der Waals surface area contributed by atoms with Gasteiger partial charge in [-0.05, 0) is 87.6 Å². The van der Waals surface area contributed by atoms with Gasteiger partial charge in [0.1, 0.15) is 6.10 Å². The summed E-state index contributed by atoms with van der Waals surface area (Å²) in [6, 6.07) is 0. The molecule has 2 aliphatic heterocycles. The molecule has 5 heteroatoms. The van der Waals surface area contributed by atoms with Crippen LogP contribution in [-0.4, -0.2) is 58.4 Å². The van der Waals surface area contributed by atoms with Crippen molar-refractivity contribution in [3.8, 4) is 0 Å². The van der Waals surface area contributed by atoms with E-state index < -0.39 is 0 Å². The quantitative estimate of drug-likeness (QED) is 0.552. The molecule has 0 bridgehead atoms. The van der Waals surface area contributed by atoms with E-state index in [1.807, 2.05) is 0 Å². The number of carbonyl (C=O) groups excluding carboxylic acids is 1. The number of esters is 1. The van der Waals surface area contributed by atoms with Crippen molar-refractivity contribution in [3.63, 3.8) is 0 Å². The normalized spacial score (nSPS) is 26.4. The van der Waals surface area contributed by atoms with Crippen LogP contribution in [0, 0.1) is 0 Å². The summed E-state index contributed by atoms with van der Waals surface area (Å²) in [5.41, 5.74) is 0.107. The van der Waals surface area contributed by atoms with E-state index in [-0.39, 0.29) is 34.2 Å². The standard InChI is InChI=1S/C25H48N2O3/c1-10-14-29-19-17-24(6,7)27(25(8,9)18-19)13-11-12-21(28)30-20-15-22(2,3)26-23(4,5)16-20/h19-20,26H,10-18H2,1-9H3. The van der Waals surface area contributed by atoms with E-state index in [4.69, 9.17) is 9.47 Å². The predicted molar refractivity (Wildman–Crippen MR) is 124 cm³/mol. The first-order valence-electron chi connectivity index (χ1n) is 12.0. The van der Waals surface area contributed by atoms with Crippen LogP contribution in [0.5, 0.6) is 0 Å². The molecule has 0 aromatic heterocycles. The lowest BCUT2D eigenvalue weighted by Gasteiger charge is -2.55. The van der Waals surface area contributed by atoms with Gasteiger partial charge in [-0.2, -0.15) is 0 Å². The Bertz CT molecular complexity index is 549. The summed E-state index contributed by atoms with van der Waals surface area (Å²) in [5.74, 6) is -0.0507. The molecule has 2 rings (SSSR count). The zero-order valence-corrected chi connectivity index (χ0v) is 21.2. The Morgan fingerprint density at radius 3 is 1.93 bits per heavy atom. The monoisotopic (exact) mass is 424 g/mol. The number of hydrogen-bond acceptors (Lipinski definition) is 5. The number of carbonyl (C=O) groups is 1. The number of nitrogens with one attached hydrogen (secondary N) is 1. The number of piperidine rings is 2. The van der Waals surface area contributed by atoms with Gasteiger partial charge in [0, 0.05) is 48.0 Å². The third-order valence-corrected chi connectivity index (χ3v) is 6.69. The van der Waals surface area contributed by atoms with Crippen LogP contribution in [-0.2, 0) is 14.3 Å². The fourth-order valence-electron chi connectivity index (χ4n) is 6.17. The Kier molecular flexibility index (Phi) is 8.07. The van der Waals surface area contributed by atoms with Crippen LogP contribution >= 0.6 is 0 Å². The first kappa shape index (κ1) is 25.6. The first-order chi connectivity index (χ1) is 13.7. The van der Waals surface area contributed by atoms with Crippen LogP contribution in [0.25, 0.3) is 0 Å². The molecule has 2 fully saturated rings. The van der Waals surface area contributed by atoms with Gasteiger partial charge in [0.05, 0.1) is 6.10 Å². The Balaban J connectivity index is 1.85. The van der Waals surface area contributed by atoms with E-state index >= 15 is 0 Å². The second kappa shape index (κ2) is 9.46. The summed E-state index contributed by atoms with van der Waals surface area (Å²) >= 11 is 0. The van der Waals surface area contributed by atoms with Crippen molar-refractivity contribution >= 4 is 5.97 Å². The molecule has 0 aliphatic carbocycles. The number of nitrogens with zero attached hydrogens (tertiary/aromatic N) is 1. The van der Waals surface area contributed by atoms with E-state index in [9.17, 15) is 4.79 Å². The highest BCUT2D eigenvalue weighted by molar-refractivity contribution is 5.69. The van der Waals surface area contributed by atoms with Crippen LogP contribution in [0.15, 0.2) is 0 Å². The van der Waals surface area contributed by atoms with Crippen molar-refractivity contribution in [2.24, 2.45) is 0 Å². The molecular formula is C25H48N2O3. The maximum Gasteiger partial charge on any atom is 0.306 e. The van der Waals surface area contributed by atoms with Crippen molar-refractivity contribution < 1.29 is 14.3 Å². The van der Waals surface area contributed by atoms with Gasteiger partial charge < -0.3 is 14.8 Å². The van der Waals surface area contributed by atoms with Crippen molar-refractivity contribution in [2.45, 2.75) is 142 Å². The molecule has 0 radical (unpaired) electrons. The molecular weight excluding hydrogens is 376 g/mol. The topological polar surface area (TPSA) is 50.8 Å². The molecule has 0 aromatic rings. The smallest absolute Gasteiger partial charge is 0.306 e. The van der Waals surface area contributed by atoms with Gasteiger partial charge in [-0.25, -0.2) is 0 Å². The molecule has 0 saturated carbocycles. The number of likely N-dealkylation sites (tertiary alicyclic amines) is 1. The van der Waals surface area contributed by atoms with Crippen LogP contribution in [0.2, 0.25) is 0 Å². The summed E-state index contributed by atoms with van der Waals surface area (Å²) in [6.45, 7) is 21.9. The molecule has 0 spiro atoms. The van der Waals surface area contributed by atoms with Crippen LogP contribution in [0.4, 0.5) is 0 Å². The van der Waals surface area contributed by atoms with Gasteiger partial charge in [-0.3, -0.25) is 9.69 Å². The lowest BCUT2D eigenvalue weighted by molar-refractivity contribution is -0.154. The summed E-state index contributed by atoms with van der Waals surface area (Å²) in [4.78, 5) is 15.2. The molecule has 0 atom stereocenters. The van der Waals surface area contributed by atoms with Gasteiger partial charge in [-0.15, -0.1) is 0 Å². The molecule has 30 heavy (non-hydrogen) atoms. The summed E-state index contributed by atoms with van der Waals surface area (Å²) in [5, 5.41) is 3.65. The second-order valence-corrected chi connectivity index (χ2v) is 12.2. The Labute approximate surface area is 185 Å². The van der Waals surface area contributed by atoms with Crippen LogP contribution in [0.3, 0.4) is 0 Å². The minimum absolute atomic E-state index is 0.00286. The van der Waals surface area contributed by atoms with Crippen molar-refractivity contribution in [1.82, 2.24) is 10.2 Å². The van der Waals surface area contributed by atoms with Crippen molar-refractivity contribution in [1.29, 1.82) is 0 Å². The molecule has 176 valence electrons. The third kappa shape index (κ3) is 7.20. The molecule has 2 saturated heterocycles. The Morgan fingerprint density at radius 2 is 1.43 bits per heavy atom. The lowest BCUT2D eigenvalue weighted by Crippen LogP contribution is -2.62. The molecule has 0 aromatic carbocycles. The van der Waals surface area contributed by atoms with E-state index in [1.165, 1.54) is 0 Å². The van der Waals surface area contributed by atoms with Gasteiger partial charge in [0.25, 0.3) is 0 Å². The highest BCUT2D eigenvalue weighted by Gasteiger charge is 2.45. The maximum absolute atomic E-state index is 12.6. The third-order valence-electron chi connectivity index (χ3n) is 6.69. The van der Waals surface area contributed by atoms with Crippen LogP contribution in [0.1, 0.15) is 107 Å². The van der Waals surface area contributed by atoms with Crippen LogP contribution < -0.4 is 5.32 Å². The SMILES string of the molecule is CCCOC1CC(C)(C)N(CCCC(=O)OC2CC(C)(C)NC(C)(C)C2)C(C)(C)C1. The summed E-state index contributed by atoms with van der Waals surface area (Å²) < 4.78 is 12.0. The van der Waals surface area contributed by atoms with Crippen molar-refractivity contribution in [2.75, 3.05) is 13.2 Å². The van der Waals surface area contributed by atoms with Crippen molar-refractivity contribution in [3.05, 3.63) is 0 Å². The summed E-state index contributed by atoms with van der Waals surface area (Å²) in [7, 11) is 0. The minimum Gasteiger partial charge on any atom is -0.462 e. The van der Waals surface area contributed by atoms with Gasteiger partial charge >= 0.3 is 5.97 Å². The molecule has 5 nitrogen and oxygen atoms in total. The average molecular weight is 425 g/mol. The molecule has 2 aliphatic rings. The zero-order valence-electron chi connectivity index (χ0n) is 21.2. The minimum atomic E-state index is -0.0507. The van der Waals surface area contributed by atoms with Gasteiger partial charge in [-0.1, -0.05) is 6.92 Å². The average Bonchev–Trinajstić information content (AvgIpc) is 2.51. The maximum atomic E-state index is 12.6. The van der Waals surface area contributed by atoms with E-state index in [2.05, 4.69) is 72.5 Å². The highest BCUT2D eigenvalue weighted by Crippen LogP contribution is 2.40. The number of hydrogen-bond donors (Lipinski definition) is 1. The van der Waals surface area contributed by atoms with Gasteiger partial charge in [0.2, 0.25) is 0 Å². The molecule has 0 unspecified atom stereocenters. The number of ether oxygens (including phenoxy) is 2. The summed E-state index contributed by atoms with van der Waals surface area (Å²) in [6.07, 6.45) is 6.54.